The lowest BCUT2D eigenvalue weighted by molar-refractivity contribution is 0.143. The summed E-state index contributed by atoms with van der Waals surface area (Å²) in [5.41, 5.74) is -0.195. The molecule has 2 fully saturated rings. The SMILES string of the molecule is CNS(=O)(=O)N1CCN(c2c(F)cc(N3CC(CNC(C)=S)OC3=O)cc2F)CC1. The van der Waals surface area contributed by atoms with Crippen molar-refractivity contribution in [1.82, 2.24) is 14.3 Å². The molecule has 0 radical (unpaired) electrons. The molecule has 0 aromatic heterocycles. The third-order valence-electron chi connectivity index (χ3n) is 4.92. The van der Waals surface area contributed by atoms with Crippen LogP contribution in [0.15, 0.2) is 12.1 Å². The molecule has 13 heteroatoms. The molecule has 2 heterocycles. The van der Waals surface area contributed by atoms with Crippen LogP contribution in [0.25, 0.3) is 0 Å². The molecule has 0 spiro atoms. The second-order valence-corrected chi connectivity index (χ2v) is 9.39. The van der Waals surface area contributed by atoms with E-state index < -0.39 is 34.0 Å². The molecule has 30 heavy (non-hydrogen) atoms. The van der Waals surface area contributed by atoms with Gasteiger partial charge in [0.25, 0.3) is 10.2 Å². The van der Waals surface area contributed by atoms with Crippen molar-refractivity contribution in [3.05, 3.63) is 23.8 Å². The summed E-state index contributed by atoms with van der Waals surface area (Å²) in [6.07, 6.45) is -1.19. The molecule has 2 aliphatic heterocycles. The maximum Gasteiger partial charge on any atom is 0.414 e. The normalized spacial score (nSPS) is 20.4. The first-order valence-corrected chi connectivity index (χ1v) is 11.1. The van der Waals surface area contributed by atoms with Gasteiger partial charge in [0.05, 0.1) is 23.8 Å². The summed E-state index contributed by atoms with van der Waals surface area (Å²) < 4.78 is 61.9. The zero-order valence-corrected chi connectivity index (χ0v) is 18.2. The van der Waals surface area contributed by atoms with E-state index in [1.807, 2.05) is 0 Å². The summed E-state index contributed by atoms with van der Waals surface area (Å²) in [5.74, 6) is -1.67. The van der Waals surface area contributed by atoms with E-state index in [9.17, 15) is 22.0 Å². The Morgan fingerprint density at radius 2 is 1.83 bits per heavy atom. The van der Waals surface area contributed by atoms with Crippen LogP contribution in [0.1, 0.15) is 6.92 Å². The minimum absolute atomic E-state index is 0.0525. The summed E-state index contributed by atoms with van der Waals surface area (Å²) in [5, 5.41) is 2.89. The number of thiocarbonyl (C=S) groups is 1. The van der Waals surface area contributed by atoms with Crippen LogP contribution in [-0.2, 0) is 14.9 Å². The highest BCUT2D eigenvalue weighted by Crippen LogP contribution is 2.31. The fourth-order valence-electron chi connectivity index (χ4n) is 3.39. The molecule has 9 nitrogen and oxygen atoms in total. The van der Waals surface area contributed by atoms with E-state index in [1.54, 1.807) is 6.92 Å². The highest BCUT2D eigenvalue weighted by atomic mass is 32.2. The average molecular weight is 464 g/mol. The van der Waals surface area contributed by atoms with Crippen molar-refractivity contribution < 1.29 is 26.7 Å². The number of nitrogens with zero attached hydrogens (tertiary/aromatic N) is 3. The Hall–Kier alpha value is -2.09. The third-order valence-corrected chi connectivity index (χ3v) is 6.62. The summed E-state index contributed by atoms with van der Waals surface area (Å²) in [4.78, 5) is 15.3. The Morgan fingerprint density at radius 1 is 1.23 bits per heavy atom. The number of ether oxygens (including phenoxy) is 1. The quantitative estimate of drug-likeness (QED) is 0.603. The lowest BCUT2D eigenvalue weighted by Gasteiger charge is -2.35. The van der Waals surface area contributed by atoms with Crippen molar-refractivity contribution in [2.24, 2.45) is 0 Å². The number of benzene rings is 1. The lowest BCUT2D eigenvalue weighted by Crippen LogP contribution is -2.51. The lowest BCUT2D eigenvalue weighted by atomic mass is 10.2. The number of cyclic esters (lactones) is 1. The van der Waals surface area contributed by atoms with Crippen LogP contribution in [-0.4, -0.2) is 76.2 Å². The molecule has 2 aliphatic rings. The molecule has 0 bridgehead atoms. The van der Waals surface area contributed by atoms with Crippen LogP contribution < -0.4 is 19.8 Å². The fraction of sp³-hybridized carbons (Fsp3) is 0.529. The van der Waals surface area contributed by atoms with E-state index in [0.717, 1.165) is 12.1 Å². The minimum Gasteiger partial charge on any atom is -0.442 e. The van der Waals surface area contributed by atoms with E-state index in [-0.39, 0.29) is 44.1 Å². The molecule has 166 valence electrons. The zero-order chi connectivity index (χ0) is 22.1. The van der Waals surface area contributed by atoms with Gasteiger partial charge in [0.15, 0.2) is 11.6 Å². The number of piperazine rings is 1. The van der Waals surface area contributed by atoms with E-state index in [0.29, 0.717) is 11.5 Å². The minimum atomic E-state index is -3.59. The van der Waals surface area contributed by atoms with Crippen molar-refractivity contribution in [2.75, 3.05) is 56.1 Å². The molecule has 1 aromatic carbocycles. The molecule has 2 saturated heterocycles. The van der Waals surface area contributed by atoms with Crippen molar-refractivity contribution in [3.8, 4) is 0 Å². The molecule has 1 unspecified atom stereocenters. The molecule has 0 aliphatic carbocycles. The summed E-state index contributed by atoms with van der Waals surface area (Å²) in [7, 11) is -2.28. The van der Waals surface area contributed by atoms with Gasteiger partial charge < -0.3 is 15.0 Å². The van der Waals surface area contributed by atoms with Gasteiger partial charge in [0.2, 0.25) is 0 Å². The topological polar surface area (TPSA) is 94.2 Å². The van der Waals surface area contributed by atoms with E-state index in [4.69, 9.17) is 17.0 Å². The number of hydrogen-bond donors (Lipinski definition) is 2. The standard InChI is InChI=1S/C17H23F2N5O4S2/c1-11(29)21-9-13-10-24(17(25)28-13)12-7-14(18)16(15(19)8-12)22-3-5-23(6-4-22)30(26,27)20-2/h7-8,13,20H,3-6,9-10H2,1-2H3,(H,21,29). The van der Waals surface area contributed by atoms with Crippen molar-refractivity contribution in [2.45, 2.75) is 13.0 Å². The highest BCUT2D eigenvalue weighted by Gasteiger charge is 2.34. The molecular weight excluding hydrogens is 440 g/mol. The first-order chi connectivity index (χ1) is 14.1. The maximum atomic E-state index is 14.8. The van der Waals surface area contributed by atoms with E-state index in [1.165, 1.54) is 21.2 Å². The molecule has 1 aromatic rings. The number of carbonyl (C=O) groups excluding carboxylic acids is 1. The average Bonchev–Trinajstić information content (AvgIpc) is 3.07. The van der Waals surface area contributed by atoms with Gasteiger partial charge in [-0.25, -0.2) is 18.3 Å². The monoisotopic (exact) mass is 463 g/mol. The molecular formula is C17H23F2N5O4S2. The fourth-order valence-corrected chi connectivity index (χ4v) is 4.37. The third kappa shape index (κ3) is 4.79. The van der Waals surface area contributed by atoms with Gasteiger partial charge in [-0.2, -0.15) is 12.7 Å². The highest BCUT2D eigenvalue weighted by molar-refractivity contribution is 7.87. The van der Waals surface area contributed by atoms with Crippen LogP contribution in [0.5, 0.6) is 0 Å². The Bertz CT molecular complexity index is 915. The number of carbonyl (C=O) groups is 1. The van der Waals surface area contributed by atoms with E-state index >= 15 is 0 Å². The first-order valence-electron chi connectivity index (χ1n) is 9.27. The maximum absolute atomic E-state index is 14.8. The molecule has 1 atom stereocenters. The second kappa shape index (κ2) is 8.96. The smallest absolute Gasteiger partial charge is 0.414 e. The predicted molar refractivity (Wildman–Crippen MR) is 112 cm³/mol. The number of rotatable bonds is 6. The number of anilines is 2. The van der Waals surface area contributed by atoms with Gasteiger partial charge in [-0.3, -0.25) is 4.90 Å². The van der Waals surface area contributed by atoms with Crippen molar-refractivity contribution in [3.63, 3.8) is 0 Å². The van der Waals surface area contributed by atoms with Crippen molar-refractivity contribution >= 4 is 44.9 Å². The van der Waals surface area contributed by atoms with Gasteiger partial charge in [0.1, 0.15) is 11.8 Å². The van der Waals surface area contributed by atoms with Gasteiger partial charge in [-0.15, -0.1) is 0 Å². The van der Waals surface area contributed by atoms with Crippen LogP contribution in [0.2, 0.25) is 0 Å². The first kappa shape index (κ1) is 22.6. The number of amides is 1. The van der Waals surface area contributed by atoms with Crippen LogP contribution in [0.3, 0.4) is 0 Å². The van der Waals surface area contributed by atoms with Crippen LogP contribution >= 0.6 is 12.2 Å². The Balaban J connectivity index is 1.72. The number of hydrogen-bond acceptors (Lipinski definition) is 6. The van der Waals surface area contributed by atoms with Crippen LogP contribution in [0.4, 0.5) is 25.0 Å². The molecule has 3 rings (SSSR count). The van der Waals surface area contributed by atoms with Gasteiger partial charge in [-0.05, 0) is 6.92 Å². The Labute approximate surface area is 179 Å². The van der Waals surface area contributed by atoms with Crippen LogP contribution in [0, 0.1) is 11.6 Å². The second-order valence-electron chi connectivity index (χ2n) is 6.91. The zero-order valence-electron chi connectivity index (χ0n) is 16.5. The molecule has 1 amide bonds. The predicted octanol–water partition coefficient (Wildman–Crippen LogP) is 0.813. The number of halogens is 2. The molecule has 0 saturated carbocycles. The summed E-state index contributed by atoms with van der Waals surface area (Å²) in [6, 6.07) is 2.16. The van der Waals surface area contributed by atoms with Gasteiger partial charge in [0, 0.05) is 45.4 Å². The Kier molecular flexibility index (Phi) is 6.75. The van der Waals surface area contributed by atoms with Gasteiger partial charge >= 0.3 is 6.09 Å². The Morgan fingerprint density at radius 3 is 2.37 bits per heavy atom. The van der Waals surface area contributed by atoms with Crippen molar-refractivity contribution in [1.29, 1.82) is 0 Å². The van der Waals surface area contributed by atoms with E-state index in [2.05, 4.69) is 10.0 Å². The number of nitrogens with one attached hydrogen (secondary N) is 2. The summed E-state index contributed by atoms with van der Waals surface area (Å²) in [6.45, 7) is 2.58. The summed E-state index contributed by atoms with van der Waals surface area (Å²) >= 11 is 4.92. The van der Waals surface area contributed by atoms with Gasteiger partial charge in [-0.1, -0.05) is 12.2 Å². The molecule has 2 N–H and O–H groups in total. The largest absolute Gasteiger partial charge is 0.442 e.